The molecule has 0 radical (unpaired) electrons. The van der Waals surface area contributed by atoms with E-state index in [0.29, 0.717) is 17.0 Å². The van der Waals surface area contributed by atoms with E-state index in [9.17, 15) is 18.0 Å². The predicted octanol–water partition coefficient (Wildman–Crippen LogP) is 2.38. The van der Waals surface area contributed by atoms with Crippen LogP contribution in [-0.2, 0) is 14.8 Å². The second-order valence-corrected chi connectivity index (χ2v) is 8.41. The molecule has 144 valence electrons. The summed E-state index contributed by atoms with van der Waals surface area (Å²) in [5.74, 6) is 0.118. The number of hydrogen-bond acceptors (Lipinski definition) is 5. The average Bonchev–Trinajstić information content (AvgIpc) is 2.60. The normalized spacial score (nSPS) is 11.3. The number of sulfonamides is 1. The molecule has 1 amide bonds. The molecule has 8 heteroatoms. The number of benzene rings is 2. The second-order valence-electron chi connectivity index (χ2n) is 6.25. The summed E-state index contributed by atoms with van der Waals surface area (Å²) in [6, 6.07) is 9.37. The van der Waals surface area contributed by atoms with Gasteiger partial charge in [-0.2, -0.15) is 0 Å². The van der Waals surface area contributed by atoms with E-state index in [1.165, 1.54) is 26.2 Å². The lowest BCUT2D eigenvalue weighted by atomic mass is 10.1. The van der Waals surface area contributed by atoms with Crippen molar-refractivity contribution < 1.29 is 22.7 Å². The standard InChI is InChI=1S/C19H22N2O5S/c1-13-8-15(11-22)9-14(2)19(13)26-12-18(23)20-16-6-5-7-17(10-16)27(24,25)21(3)4/h5-11H,12H2,1-4H3,(H,20,23). The Labute approximate surface area is 159 Å². The highest BCUT2D eigenvalue weighted by molar-refractivity contribution is 7.89. The van der Waals surface area contributed by atoms with Gasteiger partial charge >= 0.3 is 0 Å². The van der Waals surface area contributed by atoms with Crippen LogP contribution >= 0.6 is 0 Å². The number of hydrogen-bond donors (Lipinski definition) is 1. The number of ether oxygens (including phenoxy) is 1. The second kappa shape index (κ2) is 8.32. The van der Waals surface area contributed by atoms with Crippen LogP contribution in [0, 0.1) is 13.8 Å². The number of carbonyl (C=O) groups excluding carboxylic acids is 2. The molecule has 2 rings (SSSR count). The summed E-state index contributed by atoms with van der Waals surface area (Å²) in [7, 11) is -0.707. The van der Waals surface area contributed by atoms with Crippen molar-refractivity contribution in [3.8, 4) is 5.75 Å². The number of aldehydes is 1. The van der Waals surface area contributed by atoms with Gasteiger partial charge in [-0.25, -0.2) is 12.7 Å². The third-order valence-electron chi connectivity index (χ3n) is 3.86. The van der Waals surface area contributed by atoms with Crippen LogP contribution in [0.2, 0.25) is 0 Å². The summed E-state index contributed by atoms with van der Waals surface area (Å²) >= 11 is 0. The number of amides is 1. The highest BCUT2D eigenvalue weighted by Gasteiger charge is 2.17. The first-order valence-electron chi connectivity index (χ1n) is 8.17. The van der Waals surface area contributed by atoms with Gasteiger partial charge in [0.15, 0.2) is 6.61 Å². The first kappa shape index (κ1) is 20.6. The maximum Gasteiger partial charge on any atom is 0.262 e. The fourth-order valence-electron chi connectivity index (χ4n) is 2.56. The molecule has 0 aliphatic carbocycles. The largest absolute Gasteiger partial charge is 0.483 e. The van der Waals surface area contributed by atoms with E-state index in [-0.39, 0.29) is 11.5 Å². The maximum absolute atomic E-state index is 12.2. The topological polar surface area (TPSA) is 92.8 Å². The Morgan fingerprint density at radius 3 is 2.33 bits per heavy atom. The molecule has 0 saturated heterocycles. The molecule has 1 N–H and O–H groups in total. The third-order valence-corrected chi connectivity index (χ3v) is 5.67. The van der Waals surface area contributed by atoms with Crippen LogP contribution in [0.25, 0.3) is 0 Å². The Kier molecular flexibility index (Phi) is 6.35. The van der Waals surface area contributed by atoms with Crippen LogP contribution < -0.4 is 10.1 Å². The van der Waals surface area contributed by atoms with Gasteiger partial charge in [-0.1, -0.05) is 6.07 Å². The monoisotopic (exact) mass is 390 g/mol. The van der Waals surface area contributed by atoms with Gasteiger partial charge in [0.25, 0.3) is 5.91 Å². The van der Waals surface area contributed by atoms with Crippen LogP contribution in [0.5, 0.6) is 5.75 Å². The molecule has 2 aromatic rings. The molecule has 0 aliphatic rings. The van der Waals surface area contributed by atoms with Crippen LogP contribution in [0.15, 0.2) is 41.3 Å². The van der Waals surface area contributed by atoms with Crippen molar-refractivity contribution in [3.05, 3.63) is 53.1 Å². The number of nitrogens with zero attached hydrogens (tertiary/aromatic N) is 1. The van der Waals surface area contributed by atoms with E-state index < -0.39 is 15.9 Å². The van der Waals surface area contributed by atoms with E-state index >= 15 is 0 Å². The van der Waals surface area contributed by atoms with E-state index in [1.807, 2.05) is 0 Å². The molecule has 0 bridgehead atoms. The number of anilines is 1. The first-order valence-corrected chi connectivity index (χ1v) is 9.61. The van der Waals surface area contributed by atoms with Gasteiger partial charge in [0.2, 0.25) is 10.0 Å². The molecular weight excluding hydrogens is 368 g/mol. The van der Waals surface area contributed by atoms with E-state index in [0.717, 1.165) is 21.7 Å². The molecule has 27 heavy (non-hydrogen) atoms. The minimum atomic E-state index is -3.59. The molecule has 0 saturated carbocycles. The minimum absolute atomic E-state index is 0.0855. The van der Waals surface area contributed by atoms with Gasteiger partial charge in [0.05, 0.1) is 4.90 Å². The summed E-state index contributed by atoms with van der Waals surface area (Å²) in [5.41, 5.74) is 2.41. The lowest BCUT2D eigenvalue weighted by Crippen LogP contribution is -2.23. The van der Waals surface area contributed by atoms with Gasteiger partial charge < -0.3 is 10.1 Å². The quantitative estimate of drug-likeness (QED) is 0.733. The van der Waals surface area contributed by atoms with Gasteiger partial charge in [-0.05, 0) is 55.3 Å². The van der Waals surface area contributed by atoms with Crippen LogP contribution in [0.4, 0.5) is 5.69 Å². The zero-order valence-electron chi connectivity index (χ0n) is 15.6. The van der Waals surface area contributed by atoms with Crippen molar-refractivity contribution in [2.24, 2.45) is 0 Å². The summed E-state index contributed by atoms with van der Waals surface area (Å²) in [6.45, 7) is 3.35. The Morgan fingerprint density at radius 2 is 1.78 bits per heavy atom. The Bertz CT molecular complexity index is 945. The third kappa shape index (κ3) is 4.93. The maximum atomic E-state index is 12.2. The molecule has 0 heterocycles. The molecule has 0 aromatic heterocycles. The minimum Gasteiger partial charge on any atom is -0.483 e. The smallest absolute Gasteiger partial charge is 0.262 e. The Morgan fingerprint density at radius 1 is 1.15 bits per heavy atom. The van der Waals surface area contributed by atoms with Gasteiger partial charge in [-0.3, -0.25) is 9.59 Å². The fraction of sp³-hybridized carbons (Fsp3) is 0.263. The molecule has 0 spiro atoms. The van der Waals surface area contributed by atoms with E-state index in [4.69, 9.17) is 4.74 Å². The lowest BCUT2D eigenvalue weighted by molar-refractivity contribution is -0.118. The Balaban J connectivity index is 2.08. The highest BCUT2D eigenvalue weighted by atomic mass is 32.2. The Hall–Kier alpha value is -2.71. The summed E-state index contributed by atoms with van der Waals surface area (Å²) in [5, 5.41) is 2.62. The van der Waals surface area contributed by atoms with Crippen molar-refractivity contribution >= 4 is 27.9 Å². The molecule has 7 nitrogen and oxygen atoms in total. The highest BCUT2D eigenvalue weighted by Crippen LogP contribution is 2.24. The van der Waals surface area contributed by atoms with Crippen LogP contribution in [-0.4, -0.2) is 45.6 Å². The first-order chi connectivity index (χ1) is 12.6. The van der Waals surface area contributed by atoms with Gasteiger partial charge in [0.1, 0.15) is 12.0 Å². The number of carbonyl (C=O) groups is 2. The predicted molar refractivity (Wildman–Crippen MR) is 103 cm³/mol. The molecule has 0 unspecified atom stereocenters. The summed E-state index contributed by atoms with van der Waals surface area (Å²) in [6.07, 6.45) is 0.755. The van der Waals surface area contributed by atoms with Gasteiger partial charge in [-0.15, -0.1) is 0 Å². The molecule has 0 fully saturated rings. The zero-order chi connectivity index (χ0) is 20.2. The zero-order valence-corrected chi connectivity index (χ0v) is 16.5. The van der Waals surface area contributed by atoms with Crippen molar-refractivity contribution in [1.82, 2.24) is 4.31 Å². The van der Waals surface area contributed by atoms with Crippen molar-refractivity contribution in [2.45, 2.75) is 18.7 Å². The summed E-state index contributed by atoms with van der Waals surface area (Å²) in [4.78, 5) is 23.1. The van der Waals surface area contributed by atoms with Crippen molar-refractivity contribution in [2.75, 3.05) is 26.0 Å². The van der Waals surface area contributed by atoms with Crippen molar-refractivity contribution in [1.29, 1.82) is 0 Å². The van der Waals surface area contributed by atoms with Crippen LogP contribution in [0.1, 0.15) is 21.5 Å². The average molecular weight is 390 g/mol. The number of rotatable bonds is 7. The number of nitrogens with one attached hydrogen (secondary N) is 1. The molecule has 0 atom stereocenters. The summed E-state index contributed by atoms with van der Waals surface area (Å²) < 4.78 is 31.0. The van der Waals surface area contributed by atoms with Gasteiger partial charge in [0, 0.05) is 25.3 Å². The molecule has 2 aromatic carbocycles. The fourth-order valence-corrected chi connectivity index (χ4v) is 3.51. The number of aryl methyl sites for hydroxylation is 2. The van der Waals surface area contributed by atoms with Crippen LogP contribution in [0.3, 0.4) is 0 Å². The molecular formula is C19H22N2O5S. The lowest BCUT2D eigenvalue weighted by Gasteiger charge is -2.14. The molecule has 0 aliphatic heterocycles. The van der Waals surface area contributed by atoms with E-state index in [2.05, 4.69) is 5.32 Å². The SMILES string of the molecule is Cc1cc(C=O)cc(C)c1OCC(=O)Nc1cccc(S(=O)(=O)N(C)C)c1. The van der Waals surface area contributed by atoms with Crippen molar-refractivity contribution in [3.63, 3.8) is 0 Å². The van der Waals surface area contributed by atoms with E-state index in [1.54, 1.807) is 38.1 Å².